The molecule has 0 N–H and O–H groups in total. The topological polar surface area (TPSA) is 61.4 Å². The Balaban J connectivity index is 1.70. The highest BCUT2D eigenvalue weighted by molar-refractivity contribution is 7.99. The number of thioether (sulfide) groups is 1. The van der Waals surface area contributed by atoms with Crippen LogP contribution in [0.2, 0.25) is 0 Å². The molecule has 1 aliphatic rings. The van der Waals surface area contributed by atoms with Gasteiger partial charge in [0.05, 0.1) is 27.4 Å². The fourth-order valence-corrected chi connectivity index (χ4v) is 5.44. The first-order valence-corrected chi connectivity index (χ1v) is 11.2. The first-order valence-electron chi connectivity index (χ1n) is 10.3. The van der Waals surface area contributed by atoms with E-state index in [2.05, 4.69) is 26.0 Å². The number of likely N-dealkylation sites (tertiary alicyclic amines) is 1. The van der Waals surface area contributed by atoms with Gasteiger partial charge < -0.3 is 4.90 Å². The number of rotatable bonds is 4. The van der Waals surface area contributed by atoms with Gasteiger partial charge >= 0.3 is 0 Å². The summed E-state index contributed by atoms with van der Waals surface area (Å²) in [5.74, 6) is 1.70. The highest BCUT2D eigenvalue weighted by Crippen LogP contribution is 2.30. The summed E-state index contributed by atoms with van der Waals surface area (Å²) in [6.45, 7) is 8.18. The molecule has 0 aliphatic carbocycles. The Hall–Kier alpha value is -2.52. The second-order valence-electron chi connectivity index (χ2n) is 8.14. The Kier molecular flexibility index (Phi) is 5.51. The van der Waals surface area contributed by atoms with Crippen molar-refractivity contribution in [1.82, 2.24) is 14.3 Å². The van der Waals surface area contributed by atoms with E-state index >= 15 is 0 Å². The molecule has 3 heterocycles. The van der Waals surface area contributed by atoms with Gasteiger partial charge in [-0.1, -0.05) is 44.7 Å². The molecule has 0 unspecified atom stereocenters. The lowest BCUT2D eigenvalue weighted by atomic mass is 9.92. The minimum absolute atomic E-state index is 0.188. The Labute approximate surface area is 175 Å². The standard InChI is InChI=1S/C23H26N4OS/c1-4-17-10-22(29-14-21(28)26-12-15(2)9-16(3)13-26)27-20-8-6-5-7-19(20)25-23(27)18(17)11-24/h5-8,10,15-16H,4,9,12-14H2,1-3H3/t15-,16-/m1/s1. The normalized spacial score (nSPS) is 19.6. The van der Waals surface area contributed by atoms with Crippen molar-refractivity contribution >= 4 is 34.3 Å². The van der Waals surface area contributed by atoms with Gasteiger partial charge in [0.1, 0.15) is 6.07 Å². The molecule has 1 aliphatic heterocycles. The third-order valence-corrected chi connectivity index (χ3v) is 6.67. The molecule has 0 saturated carbocycles. The number of nitrogens with zero attached hydrogens (tertiary/aromatic N) is 4. The summed E-state index contributed by atoms with van der Waals surface area (Å²) in [4.78, 5) is 19.6. The van der Waals surface area contributed by atoms with E-state index < -0.39 is 0 Å². The number of imidazole rings is 1. The van der Waals surface area contributed by atoms with Gasteiger partial charge in [0.25, 0.3) is 0 Å². The minimum atomic E-state index is 0.188. The lowest BCUT2D eigenvalue weighted by molar-refractivity contribution is -0.130. The summed E-state index contributed by atoms with van der Waals surface area (Å²) < 4.78 is 2.03. The van der Waals surface area contributed by atoms with Gasteiger partial charge in [0.2, 0.25) is 5.91 Å². The number of para-hydroxylation sites is 2. The van der Waals surface area contributed by atoms with Gasteiger partial charge in [0.15, 0.2) is 5.65 Å². The Bertz CT molecular complexity index is 1100. The van der Waals surface area contributed by atoms with Crippen molar-refractivity contribution in [2.24, 2.45) is 11.8 Å². The molecule has 0 bridgehead atoms. The van der Waals surface area contributed by atoms with Gasteiger partial charge in [0, 0.05) is 13.1 Å². The lowest BCUT2D eigenvalue weighted by Gasteiger charge is -2.35. The maximum absolute atomic E-state index is 12.9. The fourth-order valence-electron chi connectivity index (χ4n) is 4.45. The average Bonchev–Trinajstić information content (AvgIpc) is 3.10. The van der Waals surface area contributed by atoms with Crippen LogP contribution in [0.4, 0.5) is 0 Å². The molecule has 0 spiro atoms. The summed E-state index contributed by atoms with van der Waals surface area (Å²) in [6, 6.07) is 12.3. The van der Waals surface area contributed by atoms with Crippen molar-refractivity contribution in [3.8, 4) is 6.07 Å². The molecule has 1 amide bonds. The Morgan fingerprint density at radius 2 is 2.00 bits per heavy atom. The van der Waals surface area contributed by atoms with Crippen LogP contribution in [0.1, 0.15) is 38.3 Å². The van der Waals surface area contributed by atoms with E-state index in [9.17, 15) is 10.1 Å². The third-order valence-electron chi connectivity index (χ3n) is 5.68. The maximum Gasteiger partial charge on any atom is 0.233 e. The molecular weight excluding hydrogens is 380 g/mol. The van der Waals surface area contributed by atoms with Gasteiger partial charge in [-0.05, 0) is 48.4 Å². The van der Waals surface area contributed by atoms with Crippen LogP contribution in [0, 0.1) is 23.2 Å². The number of benzene rings is 1. The Morgan fingerprint density at radius 1 is 1.28 bits per heavy atom. The second kappa shape index (κ2) is 8.08. The minimum Gasteiger partial charge on any atom is -0.341 e. The summed E-state index contributed by atoms with van der Waals surface area (Å²) in [5.41, 5.74) is 4.12. The summed E-state index contributed by atoms with van der Waals surface area (Å²) in [5, 5.41) is 10.7. The third kappa shape index (κ3) is 3.72. The molecule has 1 saturated heterocycles. The van der Waals surface area contributed by atoms with E-state index in [1.807, 2.05) is 40.5 Å². The van der Waals surface area contributed by atoms with Crippen molar-refractivity contribution in [2.45, 2.75) is 38.6 Å². The molecule has 1 fully saturated rings. The molecule has 2 aromatic heterocycles. The number of fused-ring (bicyclic) bond motifs is 3. The predicted octanol–water partition coefficient (Wildman–Crippen LogP) is 4.52. The number of hydrogen-bond acceptors (Lipinski definition) is 4. The van der Waals surface area contributed by atoms with Crippen LogP contribution in [0.15, 0.2) is 35.4 Å². The number of hydrogen-bond donors (Lipinski definition) is 0. The van der Waals surface area contributed by atoms with E-state index in [0.29, 0.717) is 28.8 Å². The van der Waals surface area contributed by atoms with E-state index in [1.54, 1.807) is 11.8 Å². The predicted molar refractivity (Wildman–Crippen MR) is 117 cm³/mol. The average molecular weight is 407 g/mol. The van der Waals surface area contributed by atoms with Crippen LogP contribution in [-0.4, -0.2) is 39.0 Å². The van der Waals surface area contributed by atoms with Gasteiger partial charge in [-0.25, -0.2) is 4.98 Å². The van der Waals surface area contributed by atoms with E-state index in [0.717, 1.165) is 41.1 Å². The van der Waals surface area contributed by atoms with Crippen LogP contribution in [0.3, 0.4) is 0 Å². The summed E-state index contributed by atoms with van der Waals surface area (Å²) in [7, 11) is 0. The summed E-state index contributed by atoms with van der Waals surface area (Å²) >= 11 is 1.54. The van der Waals surface area contributed by atoms with Crippen LogP contribution < -0.4 is 0 Å². The number of aryl methyl sites for hydroxylation is 1. The monoisotopic (exact) mass is 406 g/mol. The second-order valence-corrected chi connectivity index (χ2v) is 9.14. The smallest absolute Gasteiger partial charge is 0.233 e. The van der Waals surface area contributed by atoms with Crippen molar-refractivity contribution in [3.05, 3.63) is 41.5 Å². The maximum atomic E-state index is 12.9. The van der Waals surface area contributed by atoms with Crippen LogP contribution >= 0.6 is 11.8 Å². The molecule has 2 atom stereocenters. The van der Waals surface area contributed by atoms with Gasteiger partial charge in [-0.15, -0.1) is 0 Å². The van der Waals surface area contributed by atoms with Gasteiger partial charge in [-0.3, -0.25) is 9.20 Å². The largest absolute Gasteiger partial charge is 0.341 e. The van der Waals surface area contributed by atoms with E-state index in [-0.39, 0.29) is 5.91 Å². The number of carbonyl (C=O) groups excluding carboxylic acids is 1. The fraction of sp³-hybridized carbons (Fsp3) is 0.435. The molecule has 6 heteroatoms. The SMILES string of the molecule is CCc1cc(SCC(=O)N2C[C@H](C)C[C@@H](C)C2)n2c(nc3ccccc32)c1C#N. The Morgan fingerprint density at radius 3 is 2.69 bits per heavy atom. The molecule has 29 heavy (non-hydrogen) atoms. The number of carbonyl (C=O) groups is 1. The van der Waals surface area contributed by atoms with Gasteiger partial charge in [-0.2, -0.15) is 5.26 Å². The van der Waals surface area contributed by atoms with Crippen LogP contribution in [-0.2, 0) is 11.2 Å². The zero-order valence-electron chi connectivity index (χ0n) is 17.2. The van der Waals surface area contributed by atoms with Crippen LogP contribution in [0.25, 0.3) is 16.7 Å². The van der Waals surface area contributed by atoms with Crippen molar-refractivity contribution in [3.63, 3.8) is 0 Å². The molecule has 0 radical (unpaired) electrons. The first kappa shape index (κ1) is 19.8. The number of amides is 1. The molecule has 1 aromatic carbocycles. The number of nitriles is 1. The summed E-state index contributed by atoms with van der Waals surface area (Å²) in [6.07, 6.45) is 1.94. The van der Waals surface area contributed by atoms with Crippen molar-refractivity contribution in [2.75, 3.05) is 18.8 Å². The number of pyridine rings is 1. The molecular formula is C23H26N4OS. The van der Waals surface area contributed by atoms with Crippen LogP contribution in [0.5, 0.6) is 0 Å². The number of aromatic nitrogens is 2. The zero-order chi connectivity index (χ0) is 20.5. The lowest BCUT2D eigenvalue weighted by Crippen LogP contribution is -2.43. The zero-order valence-corrected chi connectivity index (χ0v) is 18.0. The number of piperidine rings is 1. The molecule has 5 nitrogen and oxygen atoms in total. The molecule has 4 rings (SSSR count). The van der Waals surface area contributed by atoms with E-state index in [1.165, 1.54) is 6.42 Å². The highest BCUT2D eigenvalue weighted by atomic mass is 32.2. The highest BCUT2D eigenvalue weighted by Gasteiger charge is 2.26. The van der Waals surface area contributed by atoms with E-state index in [4.69, 9.17) is 4.98 Å². The molecule has 3 aromatic rings. The molecule has 150 valence electrons. The van der Waals surface area contributed by atoms with Crippen molar-refractivity contribution < 1.29 is 4.79 Å². The quantitative estimate of drug-likeness (QED) is 0.598. The van der Waals surface area contributed by atoms with Crippen molar-refractivity contribution in [1.29, 1.82) is 5.26 Å². The first-order chi connectivity index (χ1) is 14.0.